The Hall–Kier alpha value is -2.29. The number of ketones is 1. The largest absolute Gasteiger partial charge is 0.496 e. The first-order valence-corrected chi connectivity index (χ1v) is 6.86. The van der Waals surface area contributed by atoms with Crippen molar-refractivity contribution in [3.05, 3.63) is 58.7 Å². The second-order valence-corrected chi connectivity index (χ2v) is 5.12. The molecule has 0 aliphatic carbocycles. The van der Waals surface area contributed by atoms with E-state index >= 15 is 0 Å². The van der Waals surface area contributed by atoms with E-state index in [4.69, 9.17) is 9.47 Å². The molecular weight excluding hydrogens is 264 g/mol. The Balaban J connectivity index is 2.32. The Morgan fingerprint density at radius 1 is 0.905 bits per heavy atom. The summed E-state index contributed by atoms with van der Waals surface area (Å²) in [5.41, 5.74) is 3.67. The summed E-state index contributed by atoms with van der Waals surface area (Å²) < 4.78 is 10.6. The fourth-order valence-corrected chi connectivity index (χ4v) is 2.34. The van der Waals surface area contributed by atoms with Gasteiger partial charge in [0.1, 0.15) is 11.5 Å². The summed E-state index contributed by atoms with van der Waals surface area (Å²) in [6.45, 7) is 3.97. The van der Waals surface area contributed by atoms with E-state index in [9.17, 15) is 4.79 Å². The van der Waals surface area contributed by atoms with E-state index < -0.39 is 0 Å². The normalized spacial score (nSPS) is 10.3. The van der Waals surface area contributed by atoms with Crippen molar-refractivity contribution in [3.63, 3.8) is 0 Å². The highest BCUT2D eigenvalue weighted by atomic mass is 16.5. The first kappa shape index (κ1) is 15.1. The van der Waals surface area contributed by atoms with Crippen LogP contribution in [0.5, 0.6) is 11.5 Å². The van der Waals surface area contributed by atoms with Gasteiger partial charge in [0, 0.05) is 12.0 Å². The monoisotopic (exact) mass is 284 g/mol. The Kier molecular flexibility index (Phi) is 4.63. The van der Waals surface area contributed by atoms with Crippen LogP contribution < -0.4 is 9.47 Å². The summed E-state index contributed by atoms with van der Waals surface area (Å²) in [7, 11) is 3.20. The van der Waals surface area contributed by atoms with Crippen LogP contribution >= 0.6 is 0 Å². The number of benzene rings is 2. The zero-order valence-corrected chi connectivity index (χ0v) is 12.9. The Morgan fingerprint density at radius 2 is 1.52 bits per heavy atom. The van der Waals surface area contributed by atoms with Gasteiger partial charge in [0.25, 0.3) is 0 Å². The van der Waals surface area contributed by atoms with Crippen LogP contribution in [0.4, 0.5) is 0 Å². The van der Waals surface area contributed by atoms with Gasteiger partial charge < -0.3 is 9.47 Å². The molecule has 3 nitrogen and oxygen atoms in total. The molecule has 0 aromatic heterocycles. The predicted octanol–water partition coefficient (Wildman–Crippen LogP) is 3.75. The minimum Gasteiger partial charge on any atom is -0.496 e. The maximum atomic E-state index is 12.5. The standard InChI is InChI=1S/C18H20O3/c1-12-6-8-17(20-3)14(9-12)11-16(19)15-7-5-13(2)10-18(15)21-4/h5-10H,11H2,1-4H3. The number of hydrogen-bond acceptors (Lipinski definition) is 3. The first-order valence-electron chi connectivity index (χ1n) is 6.86. The molecule has 2 aromatic carbocycles. The maximum Gasteiger partial charge on any atom is 0.171 e. The predicted molar refractivity (Wildman–Crippen MR) is 83.5 cm³/mol. The zero-order valence-electron chi connectivity index (χ0n) is 12.9. The van der Waals surface area contributed by atoms with Crippen molar-refractivity contribution in [1.82, 2.24) is 0 Å². The number of Topliss-reactive ketones (excluding diaryl/α,β-unsaturated/α-hetero) is 1. The SMILES string of the molecule is COc1ccc(C)cc1CC(=O)c1ccc(C)cc1OC. The summed E-state index contributed by atoms with van der Waals surface area (Å²) in [6.07, 6.45) is 0.296. The van der Waals surface area contributed by atoms with E-state index in [0.717, 1.165) is 22.4 Å². The van der Waals surface area contributed by atoms with Crippen molar-refractivity contribution in [2.75, 3.05) is 14.2 Å². The van der Waals surface area contributed by atoms with E-state index in [1.807, 2.05) is 50.2 Å². The van der Waals surface area contributed by atoms with Crippen LogP contribution in [0.25, 0.3) is 0 Å². The van der Waals surface area contributed by atoms with Gasteiger partial charge in [0.05, 0.1) is 19.8 Å². The molecule has 3 heteroatoms. The number of ether oxygens (including phenoxy) is 2. The molecule has 0 bridgehead atoms. The topological polar surface area (TPSA) is 35.5 Å². The molecule has 0 atom stereocenters. The molecule has 0 saturated heterocycles. The van der Waals surface area contributed by atoms with Crippen LogP contribution in [0, 0.1) is 13.8 Å². The van der Waals surface area contributed by atoms with Crippen molar-refractivity contribution in [2.24, 2.45) is 0 Å². The Morgan fingerprint density at radius 3 is 2.19 bits per heavy atom. The van der Waals surface area contributed by atoms with Gasteiger partial charge in [-0.2, -0.15) is 0 Å². The summed E-state index contributed by atoms with van der Waals surface area (Å²) in [5, 5.41) is 0. The van der Waals surface area contributed by atoms with Crippen molar-refractivity contribution in [1.29, 1.82) is 0 Å². The lowest BCUT2D eigenvalue weighted by molar-refractivity contribution is 0.0989. The molecule has 110 valence electrons. The van der Waals surface area contributed by atoms with Crippen LogP contribution in [0.2, 0.25) is 0 Å². The molecular formula is C18H20O3. The molecule has 0 N–H and O–H groups in total. The van der Waals surface area contributed by atoms with Crippen LogP contribution in [-0.2, 0) is 6.42 Å². The van der Waals surface area contributed by atoms with Gasteiger partial charge in [-0.3, -0.25) is 4.79 Å². The zero-order chi connectivity index (χ0) is 15.4. The number of aryl methyl sites for hydroxylation is 2. The van der Waals surface area contributed by atoms with Gasteiger partial charge in [0.15, 0.2) is 5.78 Å². The van der Waals surface area contributed by atoms with Gasteiger partial charge in [0.2, 0.25) is 0 Å². The minimum atomic E-state index is 0.0238. The summed E-state index contributed by atoms with van der Waals surface area (Å²) in [5.74, 6) is 1.38. The average Bonchev–Trinajstić information content (AvgIpc) is 2.47. The molecule has 0 saturated carbocycles. The van der Waals surface area contributed by atoms with Crippen LogP contribution in [0.15, 0.2) is 36.4 Å². The van der Waals surface area contributed by atoms with E-state index in [1.165, 1.54) is 0 Å². The summed E-state index contributed by atoms with van der Waals surface area (Å²) >= 11 is 0. The van der Waals surface area contributed by atoms with Crippen molar-refractivity contribution in [3.8, 4) is 11.5 Å². The van der Waals surface area contributed by atoms with Crippen molar-refractivity contribution < 1.29 is 14.3 Å². The molecule has 0 aliphatic rings. The molecule has 0 aliphatic heterocycles. The second-order valence-electron chi connectivity index (χ2n) is 5.12. The lowest BCUT2D eigenvalue weighted by Gasteiger charge is -2.11. The highest BCUT2D eigenvalue weighted by Gasteiger charge is 2.15. The fraction of sp³-hybridized carbons (Fsp3) is 0.278. The van der Waals surface area contributed by atoms with Gasteiger partial charge in [-0.25, -0.2) is 0 Å². The molecule has 0 unspecified atom stereocenters. The van der Waals surface area contributed by atoms with Crippen molar-refractivity contribution >= 4 is 5.78 Å². The highest BCUT2D eigenvalue weighted by molar-refractivity contribution is 6.00. The smallest absolute Gasteiger partial charge is 0.171 e. The number of carbonyl (C=O) groups excluding carboxylic acids is 1. The van der Waals surface area contributed by atoms with Gasteiger partial charge in [-0.1, -0.05) is 23.8 Å². The molecule has 2 rings (SSSR count). The lowest BCUT2D eigenvalue weighted by Crippen LogP contribution is -2.07. The van der Waals surface area contributed by atoms with Gasteiger partial charge in [-0.05, 0) is 37.6 Å². The number of hydrogen-bond donors (Lipinski definition) is 0. The Labute approximate surface area is 125 Å². The molecule has 0 spiro atoms. The highest BCUT2D eigenvalue weighted by Crippen LogP contribution is 2.25. The van der Waals surface area contributed by atoms with E-state index in [1.54, 1.807) is 14.2 Å². The summed E-state index contributed by atoms with van der Waals surface area (Å²) in [6, 6.07) is 11.5. The maximum absolute atomic E-state index is 12.5. The number of methoxy groups -OCH3 is 2. The quantitative estimate of drug-likeness (QED) is 0.784. The van der Waals surface area contributed by atoms with Crippen LogP contribution in [-0.4, -0.2) is 20.0 Å². The third-order valence-corrected chi connectivity index (χ3v) is 3.44. The van der Waals surface area contributed by atoms with E-state index in [2.05, 4.69) is 0 Å². The van der Waals surface area contributed by atoms with Crippen LogP contribution in [0.1, 0.15) is 27.0 Å². The van der Waals surface area contributed by atoms with Gasteiger partial charge >= 0.3 is 0 Å². The lowest BCUT2D eigenvalue weighted by atomic mass is 9.99. The molecule has 0 fully saturated rings. The van der Waals surface area contributed by atoms with E-state index in [0.29, 0.717) is 17.7 Å². The molecule has 21 heavy (non-hydrogen) atoms. The molecule has 0 radical (unpaired) electrons. The average molecular weight is 284 g/mol. The van der Waals surface area contributed by atoms with E-state index in [-0.39, 0.29) is 5.78 Å². The van der Waals surface area contributed by atoms with Gasteiger partial charge in [-0.15, -0.1) is 0 Å². The number of carbonyl (C=O) groups is 1. The Bertz CT molecular complexity index is 660. The third kappa shape index (κ3) is 3.43. The minimum absolute atomic E-state index is 0.0238. The molecule has 2 aromatic rings. The van der Waals surface area contributed by atoms with Crippen molar-refractivity contribution in [2.45, 2.75) is 20.3 Å². The molecule has 0 amide bonds. The number of rotatable bonds is 5. The first-order chi connectivity index (χ1) is 10.0. The third-order valence-electron chi connectivity index (χ3n) is 3.44. The molecule has 0 heterocycles. The second kappa shape index (κ2) is 6.44. The van der Waals surface area contributed by atoms with Crippen LogP contribution in [0.3, 0.4) is 0 Å². The summed E-state index contributed by atoms with van der Waals surface area (Å²) in [4.78, 5) is 12.5. The fourth-order valence-electron chi connectivity index (χ4n) is 2.34.